The summed E-state index contributed by atoms with van der Waals surface area (Å²) in [7, 11) is 1.55. The Hall–Kier alpha value is -2.37. The van der Waals surface area contributed by atoms with E-state index in [1.807, 2.05) is 0 Å². The minimum Gasteiger partial charge on any atom is -0.456 e. The molecule has 2 N–H and O–H groups in total. The molecule has 1 aromatic carbocycles. The second-order valence-electron chi connectivity index (χ2n) is 8.96. The molecule has 0 radical (unpaired) electrons. The number of amides is 2. The fraction of sp³-hybridized carbons (Fsp3) is 0.591. The lowest BCUT2D eigenvalue weighted by Gasteiger charge is -2.56. The third-order valence-corrected chi connectivity index (χ3v) is 6.68. The van der Waals surface area contributed by atoms with Crippen molar-refractivity contribution in [2.75, 3.05) is 19.0 Å². The van der Waals surface area contributed by atoms with Crippen LogP contribution in [0.1, 0.15) is 55.3 Å². The number of ether oxygens (including phenoxy) is 1. The Bertz CT molecular complexity index is 753. The Balaban J connectivity index is 1.27. The normalized spacial score (nSPS) is 30.0. The van der Waals surface area contributed by atoms with Gasteiger partial charge < -0.3 is 15.4 Å². The van der Waals surface area contributed by atoms with Gasteiger partial charge in [-0.05, 0) is 79.9 Å². The van der Waals surface area contributed by atoms with Crippen molar-refractivity contribution < 1.29 is 19.1 Å². The summed E-state index contributed by atoms with van der Waals surface area (Å²) in [4.78, 5) is 36.2. The zero-order valence-corrected chi connectivity index (χ0v) is 16.3. The first-order chi connectivity index (χ1) is 13.4. The van der Waals surface area contributed by atoms with Crippen LogP contribution in [0.3, 0.4) is 0 Å². The molecule has 0 aliphatic heterocycles. The molecular weight excluding hydrogens is 356 g/mol. The van der Waals surface area contributed by atoms with Crippen molar-refractivity contribution in [1.29, 1.82) is 0 Å². The van der Waals surface area contributed by atoms with Crippen LogP contribution in [0.2, 0.25) is 0 Å². The summed E-state index contributed by atoms with van der Waals surface area (Å²) in [6.45, 7) is -0.296. The number of hydrogen-bond donors (Lipinski definition) is 2. The monoisotopic (exact) mass is 384 g/mol. The molecule has 2 amide bonds. The van der Waals surface area contributed by atoms with Gasteiger partial charge in [0.15, 0.2) is 6.61 Å². The molecule has 6 nitrogen and oxygen atoms in total. The lowest BCUT2D eigenvalue weighted by molar-refractivity contribution is -0.154. The van der Waals surface area contributed by atoms with Crippen LogP contribution >= 0.6 is 0 Å². The maximum absolute atomic E-state index is 12.4. The van der Waals surface area contributed by atoms with Crippen molar-refractivity contribution in [1.82, 2.24) is 5.32 Å². The van der Waals surface area contributed by atoms with Crippen molar-refractivity contribution >= 4 is 23.5 Å². The second-order valence-corrected chi connectivity index (χ2v) is 8.96. The van der Waals surface area contributed by atoms with Crippen molar-refractivity contribution in [2.45, 2.75) is 44.9 Å². The molecule has 28 heavy (non-hydrogen) atoms. The molecule has 4 fully saturated rings. The summed E-state index contributed by atoms with van der Waals surface area (Å²) in [6.07, 6.45) is 7.89. The van der Waals surface area contributed by atoms with E-state index in [2.05, 4.69) is 10.6 Å². The Morgan fingerprint density at radius 2 is 1.71 bits per heavy atom. The molecule has 4 bridgehead atoms. The number of rotatable bonds is 6. The third-order valence-electron chi connectivity index (χ3n) is 6.68. The molecule has 6 heteroatoms. The Morgan fingerprint density at radius 1 is 1.07 bits per heavy atom. The molecule has 4 saturated carbocycles. The number of esters is 1. The maximum Gasteiger partial charge on any atom is 0.306 e. The Kier molecular flexibility index (Phi) is 5.13. The average molecular weight is 384 g/mol. The summed E-state index contributed by atoms with van der Waals surface area (Å²) in [5.74, 6) is 1.47. The molecule has 0 aromatic heterocycles. The first-order valence-corrected chi connectivity index (χ1v) is 10.2. The summed E-state index contributed by atoms with van der Waals surface area (Å²) in [6, 6.07) is 6.65. The largest absolute Gasteiger partial charge is 0.456 e. The van der Waals surface area contributed by atoms with E-state index < -0.39 is 5.91 Å². The summed E-state index contributed by atoms with van der Waals surface area (Å²) >= 11 is 0. The third kappa shape index (κ3) is 4.05. The van der Waals surface area contributed by atoms with E-state index in [1.165, 1.54) is 19.3 Å². The van der Waals surface area contributed by atoms with Gasteiger partial charge in [0.05, 0.1) is 6.42 Å². The van der Waals surface area contributed by atoms with E-state index >= 15 is 0 Å². The van der Waals surface area contributed by atoms with Gasteiger partial charge in [-0.15, -0.1) is 0 Å². The molecule has 5 rings (SSSR count). The van der Waals surface area contributed by atoms with Crippen molar-refractivity contribution in [3.63, 3.8) is 0 Å². The number of carbonyl (C=O) groups excluding carboxylic acids is 3. The van der Waals surface area contributed by atoms with Gasteiger partial charge >= 0.3 is 5.97 Å². The van der Waals surface area contributed by atoms with Crippen LogP contribution in [-0.2, 0) is 14.3 Å². The molecule has 0 spiro atoms. The fourth-order valence-electron chi connectivity index (χ4n) is 6.09. The molecule has 0 atom stereocenters. The van der Waals surface area contributed by atoms with Crippen LogP contribution in [0.4, 0.5) is 5.69 Å². The quantitative estimate of drug-likeness (QED) is 0.738. The SMILES string of the molecule is CNC(=O)c1cccc(NC(=O)COC(=O)CC23CC4CC(CC(C4)C2)C3)c1. The molecule has 4 aliphatic rings. The molecule has 4 aliphatic carbocycles. The number of carbonyl (C=O) groups is 3. The summed E-state index contributed by atoms with van der Waals surface area (Å²) < 4.78 is 5.28. The van der Waals surface area contributed by atoms with E-state index in [0.717, 1.165) is 37.0 Å². The van der Waals surface area contributed by atoms with Crippen molar-refractivity contribution in [3.8, 4) is 0 Å². The average Bonchev–Trinajstić information content (AvgIpc) is 2.64. The lowest BCUT2D eigenvalue weighted by atomic mass is 9.49. The molecule has 1 aromatic rings. The van der Waals surface area contributed by atoms with Gasteiger partial charge in [-0.3, -0.25) is 14.4 Å². The van der Waals surface area contributed by atoms with Gasteiger partial charge in [-0.1, -0.05) is 6.07 Å². The smallest absolute Gasteiger partial charge is 0.306 e. The maximum atomic E-state index is 12.4. The molecule has 0 heterocycles. The highest BCUT2D eigenvalue weighted by molar-refractivity contribution is 5.97. The summed E-state index contributed by atoms with van der Waals surface area (Å²) in [5, 5.41) is 5.22. The van der Waals surface area contributed by atoms with E-state index in [1.54, 1.807) is 31.3 Å². The van der Waals surface area contributed by atoms with Crippen LogP contribution in [-0.4, -0.2) is 31.4 Å². The predicted octanol–water partition coefficient (Wildman–Crippen LogP) is 3.13. The van der Waals surface area contributed by atoms with Gasteiger partial charge in [0.25, 0.3) is 11.8 Å². The Labute approximate surface area is 165 Å². The second kappa shape index (κ2) is 7.57. The van der Waals surface area contributed by atoms with Crippen LogP contribution in [0.5, 0.6) is 0 Å². The zero-order chi connectivity index (χ0) is 19.7. The minimum absolute atomic E-state index is 0.115. The van der Waals surface area contributed by atoms with Crippen molar-refractivity contribution in [2.24, 2.45) is 23.2 Å². The van der Waals surface area contributed by atoms with E-state index in [-0.39, 0.29) is 23.9 Å². The summed E-state index contributed by atoms with van der Waals surface area (Å²) in [5.41, 5.74) is 1.08. The lowest BCUT2D eigenvalue weighted by Crippen LogP contribution is -2.47. The fourth-order valence-corrected chi connectivity index (χ4v) is 6.09. The van der Waals surface area contributed by atoms with Gasteiger partial charge in [0, 0.05) is 18.3 Å². The first kappa shape index (κ1) is 19.0. The van der Waals surface area contributed by atoms with E-state index in [4.69, 9.17) is 4.74 Å². The highest BCUT2D eigenvalue weighted by atomic mass is 16.5. The Morgan fingerprint density at radius 3 is 2.32 bits per heavy atom. The zero-order valence-electron chi connectivity index (χ0n) is 16.3. The van der Waals surface area contributed by atoms with Crippen LogP contribution in [0.25, 0.3) is 0 Å². The molecule has 0 saturated heterocycles. The highest BCUT2D eigenvalue weighted by Gasteiger charge is 2.51. The molecule has 0 unspecified atom stereocenters. The number of benzene rings is 1. The minimum atomic E-state index is -0.395. The van der Waals surface area contributed by atoms with Gasteiger partial charge in [0.1, 0.15) is 0 Å². The van der Waals surface area contributed by atoms with E-state index in [0.29, 0.717) is 17.7 Å². The van der Waals surface area contributed by atoms with Crippen molar-refractivity contribution in [3.05, 3.63) is 29.8 Å². The topological polar surface area (TPSA) is 84.5 Å². The number of nitrogens with one attached hydrogen (secondary N) is 2. The first-order valence-electron chi connectivity index (χ1n) is 10.2. The van der Waals surface area contributed by atoms with E-state index in [9.17, 15) is 14.4 Å². The highest BCUT2D eigenvalue weighted by Crippen LogP contribution is 2.61. The number of anilines is 1. The predicted molar refractivity (Wildman–Crippen MR) is 105 cm³/mol. The van der Waals surface area contributed by atoms with Gasteiger partial charge in [-0.2, -0.15) is 0 Å². The van der Waals surface area contributed by atoms with Gasteiger partial charge in [-0.25, -0.2) is 0 Å². The van der Waals surface area contributed by atoms with Crippen LogP contribution in [0.15, 0.2) is 24.3 Å². The number of hydrogen-bond acceptors (Lipinski definition) is 4. The molecule has 150 valence electrons. The standard InChI is InChI=1S/C22H28N2O4/c1-23-21(27)17-3-2-4-18(8-17)24-19(25)13-28-20(26)12-22-9-14-5-15(10-22)7-16(6-14)11-22/h2-4,8,14-16H,5-7,9-13H2,1H3,(H,23,27)(H,24,25). The molecular formula is C22H28N2O4. The van der Waals surface area contributed by atoms with Crippen LogP contribution in [0, 0.1) is 23.2 Å². The van der Waals surface area contributed by atoms with Crippen LogP contribution < -0.4 is 10.6 Å². The van der Waals surface area contributed by atoms with Gasteiger partial charge in [0.2, 0.25) is 0 Å².